The SMILES string of the molecule is CN(CCC#N)C(=O)COC(=O)c1cc(-c2ccccc2)n[nH]1. The van der Waals surface area contributed by atoms with Gasteiger partial charge in [0.1, 0.15) is 5.69 Å². The Bertz CT molecular complexity index is 718. The van der Waals surface area contributed by atoms with Gasteiger partial charge in [-0.2, -0.15) is 10.4 Å². The van der Waals surface area contributed by atoms with Crippen molar-refractivity contribution in [1.29, 1.82) is 5.26 Å². The largest absolute Gasteiger partial charge is 0.451 e. The van der Waals surface area contributed by atoms with Gasteiger partial charge in [-0.3, -0.25) is 9.89 Å². The fraction of sp³-hybridized carbons (Fsp3) is 0.250. The minimum absolute atomic E-state index is 0.177. The van der Waals surface area contributed by atoms with Crippen molar-refractivity contribution in [3.05, 3.63) is 42.1 Å². The van der Waals surface area contributed by atoms with Gasteiger partial charge in [-0.15, -0.1) is 0 Å². The maximum atomic E-state index is 11.9. The first-order valence-corrected chi connectivity index (χ1v) is 7.00. The number of nitriles is 1. The summed E-state index contributed by atoms with van der Waals surface area (Å²) in [7, 11) is 1.55. The molecule has 0 fully saturated rings. The molecule has 23 heavy (non-hydrogen) atoms. The molecule has 0 unspecified atom stereocenters. The van der Waals surface area contributed by atoms with E-state index < -0.39 is 5.97 Å². The van der Waals surface area contributed by atoms with Crippen molar-refractivity contribution >= 4 is 11.9 Å². The summed E-state index contributed by atoms with van der Waals surface area (Å²) in [5.74, 6) is -1.02. The molecule has 0 atom stereocenters. The van der Waals surface area contributed by atoms with Gasteiger partial charge in [-0.1, -0.05) is 30.3 Å². The quantitative estimate of drug-likeness (QED) is 0.817. The molecule has 0 saturated carbocycles. The number of aromatic amines is 1. The van der Waals surface area contributed by atoms with E-state index in [1.54, 1.807) is 13.1 Å². The molecule has 0 aliphatic rings. The fourth-order valence-electron chi connectivity index (χ4n) is 1.84. The highest BCUT2D eigenvalue weighted by atomic mass is 16.5. The minimum Gasteiger partial charge on any atom is -0.451 e. The van der Waals surface area contributed by atoms with Crippen LogP contribution in [0.3, 0.4) is 0 Å². The van der Waals surface area contributed by atoms with E-state index in [-0.39, 0.29) is 24.6 Å². The zero-order valence-electron chi connectivity index (χ0n) is 12.7. The van der Waals surface area contributed by atoms with Gasteiger partial charge in [0.25, 0.3) is 5.91 Å². The standard InChI is InChI=1S/C16H16N4O3/c1-20(9-5-8-17)15(21)11-23-16(22)14-10-13(18-19-14)12-6-3-2-4-7-12/h2-4,6-7,10H,5,9,11H2,1H3,(H,18,19). The first-order chi connectivity index (χ1) is 11.1. The molecule has 0 aliphatic heterocycles. The van der Waals surface area contributed by atoms with Crippen molar-refractivity contribution in [2.45, 2.75) is 6.42 Å². The van der Waals surface area contributed by atoms with Crippen LogP contribution in [-0.2, 0) is 9.53 Å². The van der Waals surface area contributed by atoms with E-state index in [9.17, 15) is 9.59 Å². The average molecular weight is 312 g/mol. The summed E-state index contributed by atoms with van der Waals surface area (Å²) in [5, 5.41) is 15.1. The van der Waals surface area contributed by atoms with Gasteiger partial charge in [0.05, 0.1) is 18.2 Å². The van der Waals surface area contributed by atoms with Crippen LogP contribution in [0, 0.1) is 11.3 Å². The first kappa shape index (κ1) is 16.2. The second-order valence-electron chi connectivity index (χ2n) is 4.83. The van der Waals surface area contributed by atoms with Crippen LogP contribution >= 0.6 is 0 Å². The number of amides is 1. The van der Waals surface area contributed by atoms with Crippen molar-refractivity contribution < 1.29 is 14.3 Å². The molecule has 1 amide bonds. The van der Waals surface area contributed by atoms with Crippen molar-refractivity contribution in [3.63, 3.8) is 0 Å². The monoisotopic (exact) mass is 312 g/mol. The number of carbonyl (C=O) groups is 2. The molecule has 1 aromatic heterocycles. The van der Waals surface area contributed by atoms with Crippen LogP contribution in [0.2, 0.25) is 0 Å². The normalized spacial score (nSPS) is 9.91. The smallest absolute Gasteiger partial charge is 0.356 e. The summed E-state index contributed by atoms with van der Waals surface area (Å²) < 4.78 is 4.96. The minimum atomic E-state index is -0.651. The molecule has 0 bridgehead atoms. The molecular formula is C16H16N4O3. The van der Waals surface area contributed by atoms with E-state index in [2.05, 4.69) is 10.2 Å². The maximum absolute atomic E-state index is 11.9. The molecule has 118 valence electrons. The lowest BCUT2D eigenvalue weighted by Crippen LogP contribution is -2.32. The zero-order valence-corrected chi connectivity index (χ0v) is 12.7. The van der Waals surface area contributed by atoms with Crippen LogP contribution in [0.25, 0.3) is 11.3 Å². The topological polar surface area (TPSA) is 99.1 Å². The molecule has 0 saturated heterocycles. The van der Waals surface area contributed by atoms with Crippen LogP contribution in [0.4, 0.5) is 0 Å². The third-order valence-corrected chi connectivity index (χ3v) is 3.18. The number of nitrogens with one attached hydrogen (secondary N) is 1. The van der Waals surface area contributed by atoms with E-state index in [0.29, 0.717) is 12.2 Å². The number of esters is 1. The van der Waals surface area contributed by atoms with E-state index in [4.69, 9.17) is 10.00 Å². The Labute approximate surface area is 133 Å². The van der Waals surface area contributed by atoms with Gasteiger partial charge in [-0.25, -0.2) is 4.79 Å². The number of H-pyrrole nitrogens is 1. The third kappa shape index (κ3) is 4.41. The summed E-state index contributed by atoms with van der Waals surface area (Å²) in [4.78, 5) is 25.0. The van der Waals surface area contributed by atoms with Crippen LogP contribution in [0.15, 0.2) is 36.4 Å². The van der Waals surface area contributed by atoms with E-state index in [1.807, 2.05) is 36.4 Å². The summed E-state index contributed by atoms with van der Waals surface area (Å²) in [6.45, 7) is -0.0739. The molecule has 7 nitrogen and oxygen atoms in total. The number of hydrogen-bond acceptors (Lipinski definition) is 5. The number of hydrogen-bond donors (Lipinski definition) is 1. The molecule has 2 aromatic rings. The number of rotatable bonds is 6. The van der Waals surface area contributed by atoms with Crippen molar-refractivity contribution in [3.8, 4) is 17.3 Å². The van der Waals surface area contributed by atoms with Crippen LogP contribution < -0.4 is 0 Å². The zero-order chi connectivity index (χ0) is 16.7. The predicted octanol–water partition coefficient (Wildman–Crippen LogP) is 1.61. The molecule has 2 rings (SSSR count). The Morgan fingerprint density at radius 2 is 2.09 bits per heavy atom. The highest BCUT2D eigenvalue weighted by molar-refractivity contribution is 5.90. The molecule has 0 radical (unpaired) electrons. The van der Waals surface area contributed by atoms with Crippen molar-refractivity contribution in [2.75, 3.05) is 20.2 Å². The second-order valence-corrected chi connectivity index (χ2v) is 4.83. The highest BCUT2D eigenvalue weighted by Gasteiger charge is 2.15. The first-order valence-electron chi connectivity index (χ1n) is 7.00. The fourth-order valence-corrected chi connectivity index (χ4v) is 1.84. The van der Waals surface area contributed by atoms with Gasteiger partial charge in [0.2, 0.25) is 0 Å². The Morgan fingerprint density at radius 1 is 1.35 bits per heavy atom. The Morgan fingerprint density at radius 3 is 2.78 bits per heavy atom. The molecule has 0 spiro atoms. The van der Waals surface area contributed by atoms with Crippen molar-refractivity contribution in [2.24, 2.45) is 0 Å². The maximum Gasteiger partial charge on any atom is 0.356 e. The number of benzene rings is 1. The number of likely N-dealkylation sites (N-methyl/N-ethyl adjacent to an activating group) is 1. The van der Waals surface area contributed by atoms with Gasteiger partial charge in [0, 0.05) is 19.2 Å². The number of nitrogens with zero attached hydrogens (tertiary/aromatic N) is 3. The lowest BCUT2D eigenvalue weighted by atomic mass is 10.1. The van der Waals surface area contributed by atoms with Crippen molar-refractivity contribution in [1.82, 2.24) is 15.1 Å². The summed E-state index contributed by atoms with van der Waals surface area (Å²) in [6, 6.07) is 12.9. The Hall–Kier alpha value is -3.14. The molecule has 7 heteroatoms. The number of ether oxygens (including phenoxy) is 1. The van der Waals surface area contributed by atoms with E-state index >= 15 is 0 Å². The van der Waals surface area contributed by atoms with Crippen LogP contribution in [0.5, 0.6) is 0 Å². The molecule has 1 aromatic carbocycles. The number of aromatic nitrogens is 2. The van der Waals surface area contributed by atoms with Crippen LogP contribution in [-0.4, -0.2) is 47.2 Å². The van der Waals surface area contributed by atoms with E-state index in [0.717, 1.165) is 5.56 Å². The second kappa shape index (κ2) is 7.75. The third-order valence-electron chi connectivity index (χ3n) is 3.18. The molecular weight excluding hydrogens is 296 g/mol. The van der Waals surface area contributed by atoms with Crippen LogP contribution in [0.1, 0.15) is 16.9 Å². The van der Waals surface area contributed by atoms with Gasteiger partial charge in [0.15, 0.2) is 6.61 Å². The lowest BCUT2D eigenvalue weighted by molar-refractivity contribution is -0.133. The molecule has 1 heterocycles. The van der Waals surface area contributed by atoms with Gasteiger partial charge < -0.3 is 9.64 Å². The molecule has 1 N–H and O–H groups in total. The van der Waals surface area contributed by atoms with Gasteiger partial charge >= 0.3 is 5.97 Å². The number of carbonyl (C=O) groups excluding carboxylic acids is 2. The average Bonchev–Trinajstić information content (AvgIpc) is 3.08. The Balaban J connectivity index is 1.91. The molecule has 0 aliphatic carbocycles. The van der Waals surface area contributed by atoms with Gasteiger partial charge in [-0.05, 0) is 6.07 Å². The summed E-state index contributed by atoms with van der Waals surface area (Å²) in [6.07, 6.45) is 0.233. The predicted molar refractivity (Wildman–Crippen MR) is 82.2 cm³/mol. The highest BCUT2D eigenvalue weighted by Crippen LogP contribution is 2.17. The summed E-state index contributed by atoms with van der Waals surface area (Å²) in [5.41, 5.74) is 1.67. The lowest BCUT2D eigenvalue weighted by Gasteiger charge is -2.14. The summed E-state index contributed by atoms with van der Waals surface area (Å²) >= 11 is 0. The Kier molecular flexibility index (Phi) is 5.47. The van der Waals surface area contributed by atoms with E-state index in [1.165, 1.54) is 4.90 Å².